The van der Waals surface area contributed by atoms with Gasteiger partial charge < -0.3 is 0 Å². The first-order chi connectivity index (χ1) is 7.66. The zero-order valence-electron chi connectivity index (χ0n) is 10.7. The molecule has 0 aromatic carbocycles. The number of rotatable bonds is 2. The number of ketones is 1. The second-order valence-corrected chi connectivity index (χ2v) is 5.91. The summed E-state index contributed by atoms with van der Waals surface area (Å²) in [5.74, 6) is 2.23. The average Bonchev–Trinajstić information content (AvgIpc) is 2.29. The van der Waals surface area contributed by atoms with Crippen LogP contribution in [0.5, 0.6) is 0 Å². The molecule has 2 fully saturated rings. The Balaban J connectivity index is 1.82. The molecule has 92 valence electrons. The number of hydrogen-bond acceptors (Lipinski definition) is 2. The van der Waals surface area contributed by atoms with Crippen LogP contribution in [-0.4, -0.2) is 29.8 Å². The molecule has 0 spiro atoms. The maximum absolute atomic E-state index is 11.5. The van der Waals surface area contributed by atoms with Crippen LogP contribution in [0.15, 0.2) is 0 Å². The van der Waals surface area contributed by atoms with Gasteiger partial charge >= 0.3 is 0 Å². The second kappa shape index (κ2) is 5.31. The number of carbonyl (C=O) groups is 1. The lowest BCUT2D eigenvalue weighted by Crippen LogP contribution is -2.44. The molecule has 1 unspecified atom stereocenters. The summed E-state index contributed by atoms with van der Waals surface area (Å²) in [5, 5.41) is 0. The maximum Gasteiger partial charge on any atom is 0.134 e. The molecule has 1 saturated heterocycles. The van der Waals surface area contributed by atoms with Gasteiger partial charge in [-0.25, -0.2) is 0 Å². The van der Waals surface area contributed by atoms with E-state index < -0.39 is 0 Å². The predicted molar refractivity (Wildman–Crippen MR) is 66.4 cm³/mol. The van der Waals surface area contributed by atoms with Gasteiger partial charge in [0.1, 0.15) is 5.78 Å². The van der Waals surface area contributed by atoms with Crippen LogP contribution in [0, 0.1) is 11.8 Å². The van der Waals surface area contributed by atoms with Crippen LogP contribution in [0.2, 0.25) is 0 Å². The Bertz CT molecular complexity index is 241. The van der Waals surface area contributed by atoms with Crippen LogP contribution in [-0.2, 0) is 4.79 Å². The first-order valence-electron chi connectivity index (χ1n) is 6.92. The molecule has 2 nitrogen and oxygen atoms in total. The SMILES string of the molecule is CC(C)C1CCN(C2CCCC(=O)C2)CC1. The van der Waals surface area contributed by atoms with Crippen LogP contribution in [0.3, 0.4) is 0 Å². The predicted octanol–water partition coefficient (Wildman–Crippen LogP) is 2.87. The Kier molecular flexibility index (Phi) is 4.01. The Morgan fingerprint density at radius 2 is 1.88 bits per heavy atom. The van der Waals surface area contributed by atoms with Crippen molar-refractivity contribution in [2.24, 2.45) is 11.8 Å². The summed E-state index contributed by atoms with van der Waals surface area (Å²) >= 11 is 0. The molecule has 0 aromatic heterocycles. The molecule has 1 heterocycles. The van der Waals surface area contributed by atoms with Crippen molar-refractivity contribution < 1.29 is 4.79 Å². The number of likely N-dealkylation sites (tertiary alicyclic amines) is 1. The Labute approximate surface area is 99.4 Å². The second-order valence-electron chi connectivity index (χ2n) is 5.91. The van der Waals surface area contributed by atoms with Gasteiger partial charge in [-0.15, -0.1) is 0 Å². The van der Waals surface area contributed by atoms with E-state index in [0.717, 1.165) is 31.1 Å². The number of hydrogen-bond donors (Lipinski definition) is 0. The first kappa shape index (κ1) is 12.1. The highest BCUT2D eigenvalue weighted by Crippen LogP contribution is 2.28. The van der Waals surface area contributed by atoms with Gasteiger partial charge in [-0.2, -0.15) is 0 Å². The minimum Gasteiger partial charge on any atom is -0.300 e. The van der Waals surface area contributed by atoms with E-state index >= 15 is 0 Å². The summed E-state index contributed by atoms with van der Waals surface area (Å²) in [7, 11) is 0. The van der Waals surface area contributed by atoms with Crippen molar-refractivity contribution in [3.05, 3.63) is 0 Å². The molecule has 2 rings (SSSR count). The van der Waals surface area contributed by atoms with Gasteiger partial charge in [0.25, 0.3) is 0 Å². The molecule has 1 aliphatic carbocycles. The monoisotopic (exact) mass is 223 g/mol. The van der Waals surface area contributed by atoms with E-state index in [4.69, 9.17) is 0 Å². The number of nitrogens with zero attached hydrogens (tertiary/aromatic N) is 1. The molecule has 1 aliphatic heterocycles. The molecule has 16 heavy (non-hydrogen) atoms. The molecular weight excluding hydrogens is 198 g/mol. The average molecular weight is 223 g/mol. The topological polar surface area (TPSA) is 20.3 Å². The highest BCUT2D eigenvalue weighted by atomic mass is 16.1. The molecule has 1 atom stereocenters. The number of Topliss-reactive ketones (excluding diaryl/α,β-unsaturated/α-hetero) is 1. The van der Waals surface area contributed by atoms with Crippen LogP contribution < -0.4 is 0 Å². The molecule has 0 radical (unpaired) electrons. The molecular formula is C14H25NO. The van der Waals surface area contributed by atoms with Gasteiger partial charge in [-0.1, -0.05) is 13.8 Å². The normalized spacial score (nSPS) is 29.9. The zero-order valence-corrected chi connectivity index (χ0v) is 10.7. The van der Waals surface area contributed by atoms with Crippen molar-refractivity contribution in [3.8, 4) is 0 Å². The van der Waals surface area contributed by atoms with Crippen molar-refractivity contribution in [2.45, 2.75) is 58.4 Å². The van der Waals surface area contributed by atoms with Crippen LogP contribution in [0.4, 0.5) is 0 Å². The fraction of sp³-hybridized carbons (Fsp3) is 0.929. The molecule has 2 aliphatic rings. The lowest BCUT2D eigenvalue weighted by molar-refractivity contribution is -0.122. The Morgan fingerprint density at radius 1 is 1.19 bits per heavy atom. The van der Waals surface area contributed by atoms with Crippen molar-refractivity contribution >= 4 is 5.78 Å². The third-order valence-corrected chi connectivity index (χ3v) is 4.49. The number of carbonyl (C=O) groups excluding carboxylic acids is 1. The lowest BCUT2D eigenvalue weighted by atomic mass is 9.84. The van der Waals surface area contributed by atoms with E-state index in [1.54, 1.807) is 0 Å². The van der Waals surface area contributed by atoms with Crippen molar-refractivity contribution in [1.82, 2.24) is 4.90 Å². The minimum atomic E-state index is 0.488. The van der Waals surface area contributed by atoms with Gasteiger partial charge in [-0.05, 0) is 50.6 Å². The Morgan fingerprint density at radius 3 is 2.44 bits per heavy atom. The smallest absolute Gasteiger partial charge is 0.134 e. The number of piperidine rings is 1. The molecule has 0 N–H and O–H groups in total. The quantitative estimate of drug-likeness (QED) is 0.717. The van der Waals surface area contributed by atoms with E-state index in [9.17, 15) is 4.79 Å². The fourth-order valence-corrected chi connectivity index (χ4v) is 3.26. The molecule has 2 heteroatoms. The molecule has 0 aromatic rings. The van der Waals surface area contributed by atoms with E-state index in [1.165, 1.54) is 32.4 Å². The third kappa shape index (κ3) is 2.85. The van der Waals surface area contributed by atoms with Gasteiger partial charge in [0.15, 0.2) is 0 Å². The van der Waals surface area contributed by atoms with Gasteiger partial charge in [-0.3, -0.25) is 9.69 Å². The van der Waals surface area contributed by atoms with E-state index in [2.05, 4.69) is 18.7 Å². The first-order valence-corrected chi connectivity index (χ1v) is 6.92. The van der Waals surface area contributed by atoms with Crippen LogP contribution in [0.1, 0.15) is 52.4 Å². The highest BCUT2D eigenvalue weighted by molar-refractivity contribution is 5.79. The zero-order chi connectivity index (χ0) is 11.5. The summed E-state index contributed by atoms with van der Waals surface area (Å²) in [5.41, 5.74) is 0. The molecule has 0 amide bonds. The van der Waals surface area contributed by atoms with Crippen molar-refractivity contribution in [3.63, 3.8) is 0 Å². The maximum atomic E-state index is 11.5. The van der Waals surface area contributed by atoms with Crippen molar-refractivity contribution in [1.29, 1.82) is 0 Å². The minimum absolute atomic E-state index is 0.488. The van der Waals surface area contributed by atoms with E-state index in [1.807, 2.05) is 0 Å². The van der Waals surface area contributed by atoms with Gasteiger partial charge in [0.05, 0.1) is 0 Å². The fourth-order valence-electron chi connectivity index (χ4n) is 3.26. The van der Waals surface area contributed by atoms with Crippen LogP contribution >= 0.6 is 0 Å². The molecule has 1 saturated carbocycles. The van der Waals surface area contributed by atoms with Crippen LogP contribution in [0.25, 0.3) is 0 Å². The Hall–Kier alpha value is -0.370. The standard InChI is InChI=1S/C14H25NO/c1-11(2)12-6-8-15(9-7-12)13-4-3-5-14(16)10-13/h11-13H,3-10H2,1-2H3. The summed E-state index contributed by atoms with van der Waals surface area (Å²) in [6.45, 7) is 7.12. The molecule has 0 bridgehead atoms. The van der Waals surface area contributed by atoms with Crippen molar-refractivity contribution in [2.75, 3.05) is 13.1 Å². The summed E-state index contributed by atoms with van der Waals surface area (Å²) < 4.78 is 0. The largest absolute Gasteiger partial charge is 0.300 e. The van der Waals surface area contributed by atoms with E-state index in [-0.39, 0.29) is 0 Å². The van der Waals surface area contributed by atoms with E-state index in [0.29, 0.717) is 11.8 Å². The third-order valence-electron chi connectivity index (χ3n) is 4.49. The highest BCUT2D eigenvalue weighted by Gasteiger charge is 2.29. The summed E-state index contributed by atoms with van der Waals surface area (Å²) in [4.78, 5) is 14.0. The lowest BCUT2D eigenvalue weighted by Gasteiger charge is -2.39. The summed E-state index contributed by atoms with van der Waals surface area (Å²) in [6.07, 6.45) is 6.70. The summed E-state index contributed by atoms with van der Waals surface area (Å²) in [6, 6.07) is 0.578. The van der Waals surface area contributed by atoms with Gasteiger partial charge in [0, 0.05) is 18.9 Å². The van der Waals surface area contributed by atoms with Gasteiger partial charge in [0.2, 0.25) is 0 Å².